The Balaban J connectivity index is 1.55. The van der Waals surface area contributed by atoms with Gasteiger partial charge in [-0.2, -0.15) is 0 Å². The van der Waals surface area contributed by atoms with Crippen molar-refractivity contribution in [1.82, 2.24) is 20.5 Å². The molecule has 3 heterocycles. The third-order valence-corrected chi connectivity index (χ3v) is 5.41. The van der Waals surface area contributed by atoms with Gasteiger partial charge in [-0.25, -0.2) is 8.42 Å². The van der Waals surface area contributed by atoms with Gasteiger partial charge in [0.25, 0.3) is 5.91 Å². The summed E-state index contributed by atoms with van der Waals surface area (Å²) in [7, 11) is -2.95. The van der Waals surface area contributed by atoms with E-state index in [0.717, 1.165) is 5.69 Å². The summed E-state index contributed by atoms with van der Waals surface area (Å²) in [4.78, 5) is 16.1. The van der Waals surface area contributed by atoms with Gasteiger partial charge in [0.05, 0.1) is 23.7 Å². The molecule has 0 spiro atoms. The fourth-order valence-corrected chi connectivity index (χ4v) is 4.09. The minimum Gasteiger partial charge on any atom is -0.365 e. The van der Waals surface area contributed by atoms with E-state index in [0.29, 0.717) is 18.8 Å². The van der Waals surface area contributed by atoms with Gasteiger partial charge in [-0.05, 0) is 30.7 Å². The van der Waals surface area contributed by atoms with Crippen molar-refractivity contribution in [1.29, 1.82) is 0 Å². The molecule has 0 bridgehead atoms. The highest BCUT2D eigenvalue weighted by Crippen LogP contribution is 2.15. The number of carbonyl (C=O) groups is 1. The minimum absolute atomic E-state index is 0.0982. The Morgan fingerprint density at radius 1 is 1.21 bits per heavy atom. The molecule has 9 heteroatoms. The first-order valence-corrected chi connectivity index (χ1v) is 9.33. The second kappa shape index (κ2) is 6.91. The molecule has 1 amide bonds. The number of aromatic nitrogens is 3. The number of nitrogens with zero attached hydrogens (tertiary/aromatic N) is 3. The van der Waals surface area contributed by atoms with Crippen LogP contribution in [0.3, 0.4) is 0 Å². The van der Waals surface area contributed by atoms with Gasteiger partial charge >= 0.3 is 0 Å². The van der Waals surface area contributed by atoms with Gasteiger partial charge in [0, 0.05) is 12.2 Å². The first-order chi connectivity index (χ1) is 11.5. The molecule has 0 radical (unpaired) electrons. The summed E-state index contributed by atoms with van der Waals surface area (Å²) in [6.45, 7) is 0.307. The van der Waals surface area contributed by atoms with Gasteiger partial charge in [0.15, 0.2) is 15.5 Å². The van der Waals surface area contributed by atoms with Crippen LogP contribution in [-0.2, 0) is 16.4 Å². The van der Waals surface area contributed by atoms with Gasteiger partial charge in [-0.1, -0.05) is 6.07 Å². The first kappa shape index (κ1) is 16.3. The van der Waals surface area contributed by atoms with E-state index in [1.807, 2.05) is 12.1 Å². The van der Waals surface area contributed by atoms with E-state index in [1.165, 1.54) is 0 Å². The van der Waals surface area contributed by atoms with E-state index in [2.05, 4.69) is 25.8 Å². The molecule has 3 rings (SSSR count). The summed E-state index contributed by atoms with van der Waals surface area (Å²) in [6.07, 6.45) is 2.21. The van der Waals surface area contributed by atoms with Crippen LogP contribution in [0.5, 0.6) is 0 Å². The standard InChI is InChI=1S/C15H17N5O3S/c21-15(17-9-11-3-1-2-7-16-11)13-4-5-14(20-19-13)18-12-6-8-24(22,23)10-12/h1-5,7,12H,6,8-10H2,(H,17,21)(H,18,20). The Bertz CT molecular complexity index is 809. The average molecular weight is 347 g/mol. The highest BCUT2D eigenvalue weighted by molar-refractivity contribution is 7.91. The van der Waals surface area contributed by atoms with Crippen molar-refractivity contribution in [2.45, 2.75) is 19.0 Å². The Labute approximate surface area is 139 Å². The normalized spacial score (nSPS) is 18.9. The monoisotopic (exact) mass is 347 g/mol. The number of hydrogen-bond donors (Lipinski definition) is 2. The quantitative estimate of drug-likeness (QED) is 0.804. The number of pyridine rings is 1. The third-order valence-electron chi connectivity index (χ3n) is 3.64. The molecule has 1 aliphatic heterocycles. The van der Waals surface area contributed by atoms with Gasteiger partial charge in [-0.3, -0.25) is 9.78 Å². The first-order valence-electron chi connectivity index (χ1n) is 7.51. The van der Waals surface area contributed by atoms with E-state index in [9.17, 15) is 13.2 Å². The number of nitrogens with one attached hydrogen (secondary N) is 2. The van der Waals surface area contributed by atoms with E-state index >= 15 is 0 Å². The summed E-state index contributed by atoms with van der Waals surface area (Å²) in [5.74, 6) is 0.397. The number of rotatable bonds is 5. The summed E-state index contributed by atoms with van der Waals surface area (Å²) in [6, 6.07) is 8.47. The molecule has 2 aromatic rings. The zero-order chi connectivity index (χ0) is 17.0. The fraction of sp³-hybridized carbons (Fsp3) is 0.333. The average Bonchev–Trinajstić information content (AvgIpc) is 2.93. The molecular formula is C15H17N5O3S. The Hall–Kier alpha value is -2.55. The predicted octanol–water partition coefficient (Wildman–Crippen LogP) is 0.401. The molecule has 1 aliphatic rings. The van der Waals surface area contributed by atoms with Crippen LogP contribution in [0.4, 0.5) is 5.82 Å². The lowest BCUT2D eigenvalue weighted by molar-refractivity contribution is 0.0944. The van der Waals surface area contributed by atoms with Crippen molar-refractivity contribution >= 4 is 21.6 Å². The predicted molar refractivity (Wildman–Crippen MR) is 88.1 cm³/mol. The molecule has 1 fully saturated rings. The minimum atomic E-state index is -2.95. The van der Waals surface area contributed by atoms with Crippen molar-refractivity contribution in [2.24, 2.45) is 0 Å². The van der Waals surface area contributed by atoms with Crippen molar-refractivity contribution in [3.8, 4) is 0 Å². The number of carbonyl (C=O) groups excluding carboxylic acids is 1. The number of sulfone groups is 1. The molecule has 0 aromatic carbocycles. The molecule has 1 saturated heterocycles. The number of anilines is 1. The van der Waals surface area contributed by atoms with Crippen molar-refractivity contribution in [3.63, 3.8) is 0 Å². The van der Waals surface area contributed by atoms with Crippen LogP contribution in [0.1, 0.15) is 22.6 Å². The molecule has 24 heavy (non-hydrogen) atoms. The van der Waals surface area contributed by atoms with E-state index in [4.69, 9.17) is 0 Å². The topological polar surface area (TPSA) is 114 Å². The largest absolute Gasteiger partial charge is 0.365 e. The Morgan fingerprint density at radius 3 is 2.71 bits per heavy atom. The van der Waals surface area contributed by atoms with E-state index < -0.39 is 9.84 Å². The molecule has 1 unspecified atom stereocenters. The van der Waals surface area contributed by atoms with Crippen LogP contribution >= 0.6 is 0 Å². The highest BCUT2D eigenvalue weighted by Gasteiger charge is 2.28. The van der Waals surface area contributed by atoms with Gasteiger partial charge < -0.3 is 10.6 Å². The van der Waals surface area contributed by atoms with Crippen molar-refractivity contribution in [2.75, 3.05) is 16.8 Å². The van der Waals surface area contributed by atoms with Crippen LogP contribution in [0.2, 0.25) is 0 Å². The van der Waals surface area contributed by atoms with Gasteiger partial charge in [0.2, 0.25) is 0 Å². The Kier molecular flexibility index (Phi) is 4.70. The van der Waals surface area contributed by atoms with Crippen LogP contribution in [-0.4, -0.2) is 47.1 Å². The molecule has 1 atom stereocenters. The lowest BCUT2D eigenvalue weighted by atomic mass is 10.2. The Morgan fingerprint density at radius 2 is 2.08 bits per heavy atom. The van der Waals surface area contributed by atoms with Crippen molar-refractivity contribution < 1.29 is 13.2 Å². The van der Waals surface area contributed by atoms with Crippen molar-refractivity contribution in [3.05, 3.63) is 47.9 Å². The third kappa shape index (κ3) is 4.25. The maximum Gasteiger partial charge on any atom is 0.272 e. The smallest absolute Gasteiger partial charge is 0.272 e. The second-order valence-electron chi connectivity index (χ2n) is 5.55. The van der Waals surface area contributed by atoms with E-state index in [1.54, 1.807) is 24.4 Å². The second-order valence-corrected chi connectivity index (χ2v) is 7.78. The molecule has 2 aromatic heterocycles. The molecule has 0 aliphatic carbocycles. The fourth-order valence-electron chi connectivity index (χ4n) is 2.41. The maximum atomic E-state index is 12.0. The zero-order valence-corrected chi connectivity index (χ0v) is 13.7. The highest BCUT2D eigenvalue weighted by atomic mass is 32.2. The summed E-state index contributed by atoms with van der Waals surface area (Å²) in [5, 5.41) is 13.5. The maximum absolute atomic E-state index is 12.0. The van der Waals surface area contributed by atoms with Gasteiger partial charge in [0.1, 0.15) is 5.82 Å². The van der Waals surface area contributed by atoms with Crippen LogP contribution < -0.4 is 10.6 Å². The SMILES string of the molecule is O=C(NCc1ccccn1)c1ccc(NC2CCS(=O)(=O)C2)nn1. The van der Waals surface area contributed by atoms with Gasteiger partial charge in [-0.15, -0.1) is 10.2 Å². The number of hydrogen-bond acceptors (Lipinski definition) is 7. The molecule has 0 saturated carbocycles. The summed E-state index contributed by atoms with van der Waals surface area (Å²) < 4.78 is 22.9. The number of amides is 1. The molecule has 8 nitrogen and oxygen atoms in total. The zero-order valence-electron chi connectivity index (χ0n) is 12.8. The van der Waals surface area contributed by atoms with Crippen LogP contribution in [0.25, 0.3) is 0 Å². The molecule has 2 N–H and O–H groups in total. The molecular weight excluding hydrogens is 330 g/mol. The summed E-state index contributed by atoms with van der Waals surface area (Å²) >= 11 is 0. The van der Waals surface area contributed by atoms with Crippen LogP contribution in [0.15, 0.2) is 36.5 Å². The van der Waals surface area contributed by atoms with Crippen LogP contribution in [0, 0.1) is 0 Å². The molecule has 126 valence electrons. The lowest BCUT2D eigenvalue weighted by Crippen LogP contribution is -2.25. The summed E-state index contributed by atoms with van der Waals surface area (Å²) in [5.41, 5.74) is 0.940. The lowest BCUT2D eigenvalue weighted by Gasteiger charge is -2.10. The van der Waals surface area contributed by atoms with E-state index in [-0.39, 0.29) is 29.1 Å².